The molecule has 0 radical (unpaired) electrons. The average Bonchev–Trinajstić information content (AvgIpc) is 2.97. The number of aliphatic hydroxyl groups is 1. The highest BCUT2D eigenvalue weighted by molar-refractivity contribution is 5.43. The fraction of sp³-hybridized carbons (Fsp3) is 0.826. The summed E-state index contributed by atoms with van der Waals surface area (Å²) in [6.07, 6.45) is 14.3. The maximum Gasteiger partial charge on any atom is 0.224 e. The molecule has 3 aliphatic rings. The van der Waals surface area contributed by atoms with E-state index in [2.05, 4.69) is 26.2 Å². The van der Waals surface area contributed by atoms with Crippen molar-refractivity contribution in [2.45, 2.75) is 94.9 Å². The fourth-order valence-corrected chi connectivity index (χ4v) is 5.64. The van der Waals surface area contributed by atoms with E-state index in [1.165, 1.54) is 25.7 Å². The summed E-state index contributed by atoms with van der Waals surface area (Å²) in [6, 6.07) is 3.48. The molecule has 3 heterocycles. The lowest BCUT2D eigenvalue weighted by atomic mass is 9.91. The molecule has 0 spiro atoms. The third kappa shape index (κ3) is 5.42. The summed E-state index contributed by atoms with van der Waals surface area (Å²) in [6.45, 7) is 4.04. The lowest BCUT2D eigenvalue weighted by molar-refractivity contribution is 0.0651. The predicted octanol–water partition coefficient (Wildman–Crippen LogP) is 2.75. The standard InChI is InChI=1S/C23H40N6O/c24-13-5-6-21-20(12-17-29(21)18-7-9-19(30)10-8-18)26-23-25-14-11-22(27-23)28-15-3-1-2-4-16-28/h11,14,18-21,30H,1-10,12-13,15-17,24H2,(H,25,26,27)/t18?,19?,20-,21+/m0/s1. The molecule has 1 aromatic heterocycles. The maximum atomic E-state index is 9.91. The summed E-state index contributed by atoms with van der Waals surface area (Å²) < 4.78 is 0. The van der Waals surface area contributed by atoms with Gasteiger partial charge in [0, 0.05) is 44.0 Å². The number of hydrogen-bond donors (Lipinski definition) is 3. The molecule has 7 heteroatoms. The Morgan fingerprint density at radius 2 is 1.80 bits per heavy atom. The zero-order valence-electron chi connectivity index (χ0n) is 18.4. The fourth-order valence-electron chi connectivity index (χ4n) is 5.64. The Morgan fingerprint density at radius 3 is 2.53 bits per heavy atom. The van der Waals surface area contributed by atoms with Gasteiger partial charge in [0.05, 0.1) is 6.10 Å². The normalized spacial score (nSPS) is 30.9. The molecular formula is C23H40N6O. The van der Waals surface area contributed by atoms with Crippen molar-refractivity contribution in [1.82, 2.24) is 14.9 Å². The Labute approximate surface area is 181 Å². The summed E-state index contributed by atoms with van der Waals surface area (Å²) in [7, 11) is 0. The molecule has 0 bridgehead atoms. The second-order valence-electron chi connectivity index (χ2n) is 9.38. The van der Waals surface area contributed by atoms with E-state index in [0.717, 1.165) is 82.9 Å². The van der Waals surface area contributed by atoms with E-state index in [9.17, 15) is 5.11 Å². The highest BCUT2D eigenvalue weighted by atomic mass is 16.3. The van der Waals surface area contributed by atoms with Crippen molar-refractivity contribution in [2.75, 3.05) is 36.4 Å². The molecule has 0 amide bonds. The summed E-state index contributed by atoms with van der Waals surface area (Å²) in [4.78, 5) is 14.6. The van der Waals surface area contributed by atoms with Crippen molar-refractivity contribution in [1.29, 1.82) is 0 Å². The van der Waals surface area contributed by atoms with Crippen LogP contribution in [0.15, 0.2) is 12.3 Å². The van der Waals surface area contributed by atoms with Crippen molar-refractivity contribution >= 4 is 11.8 Å². The molecule has 1 aromatic rings. The molecule has 168 valence electrons. The number of likely N-dealkylation sites (tertiary alicyclic amines) is 1. The molecule has 0 unspecified atom stereocenters. The largest absolute Gasteiger partial charge is 0.393 e. The zero-order valence-corrected chi connectivity index (χ0v) is 18.4. The number of nitrogens with one attached hydrogen (secondary N) is 1. The summed E-state index contributed by atoms with van der Waals surface area (Å²) in [5.74, 6) is 1.82. The second-order valence-corrected chi connectivity index (χ2v) is 9.38. The number of hydrogen-bond acceptors (Lipinski definition) is 7. The molecule has 4 N–H and O–H groups in total. The molecule has 2 atom stereocenters. The maximum absolute atomic E-state index is 9.91. The van der Waals surface area contributed by atoms with Crippen LogP contribution in [0.5, 0.6) is 0 Å². The van der Waals surface area contributed by atoms with Gasteiger partial charge in [0.1, 0.15) is 5.82 Å². The van der Waals surface area contributed by atoms with Gasteiger partial charge in [-0.2, -0.15) is 4.98 Å². The van der Waals surface area contributed by atoms with Gasteiger partial charge in [0.15, 0.2) is 0 Å². The van der Waals surface area contributed by atoms with Gasteiger partial charge in [-0.05, 0) is 70.4 Å². The number of anilines is 2. The van der Waals surface area contributed by atoms with Gasteiger partial charge < -0.3 is 21.1 Å². The molecular weight excluding hydrogens is 376 g/mol. The van der Waals surface area contributed by atoms with Gasteiger partial charge in [-0.3, -0.25) is 4.90 Å². The van der Waals surface area contributed by atoms with Crippen molar-refractivity contribution < 1.29 is 5.11 Å². The molecule has 2 aliphatic heterocycles. The first-order valence-corrected chi connectivity index (χ1v) is 12.2. The lowest BCUT2D eigenvalue weighted by Gasteiger charge is -2.38. The molecule has 7 nitrogen and oxygen atoms in total. The summed E-state index contributed by atoms with van der Waals surface area (Å²) in [5.41, 5.74) is 5.86. The van der Waals surface area contributed by atoms with Crippen LogP contribution in [-0.2, 0) is 0 Å². The minimum atomic E-state index is -0.101. The van der Waals surface area contributed by atoms with Crippen LogP contribution >= 0.6 is 0 Å². The first-order valence-electron chi connectivity index (χ1n) is 12.2. The molecule has 3 fully saturated rings. The molecule has 4 rings (SSSR count). The van der Waals surface area contributed by atoms with Gasteiger partial charge in [-0.25, -0.2) is 4.98 Å². The quantitative estimate of drug-likeness (QED) is 0.629. The Hall–Kier alpha value is -1.44. The van der Waals surface area contributed by atoms with E-state index in [1.54, 1.807) is 0 Å². The van der Waals surface area contributed by atoms with Gasteiger partial charge in [-0.1, -0.05) is 12.8 Å². The third-order valence-electron chi connectivity index (χ3n) is 7.31. The monoisotopic (exact) mass is 416 g/mol. The van der Waals surface area contributed by atoms with Crippen LogP contribution in [0.3, 0.4) is 0 Å². The van der Waals surface area contributed by atoms with E-state index in [1.807, 2.05) is 6.20 Å². The van der Waals surface area contributed by atoms with E-state index in [4.69, 9.17) is 10.7 Å². The van der Waals surface area contributed by atoms with Crippen molar-refractivity contribution in [2.24, 2.45) is 5.73 Å². The number of nitrogens with zero attached hydrogens (tertiary/aromatic N) is 4. The lowest BCUT2D eigenvalue weighted by Crippen LogP contribution is -2.46. The minimum Gasteiger partial charge on any atom is -0.393 e. The minimum absolute atomic E-state index is 0.101. The van der Waals surface area contributed by atoms with E-state index in [-0.39, 0.29) is 6.10 Å². The molecule has 1 aliphatic carbocycles. The van der Waals surface area contributed by atoms with Crippen LogP contribution in [0.25, 0.3) is 0 Å². The smallest absolute Gasteiger partial charge is 0.224 e. The van der Waals surface area contributed by atoms with Crippen LogP contribution < -0.4 is 16.0 Å². The van der Waals surface area contributed by atoms with E-state index < -0.39 is 0 Å². The third-order valence-corrected chi connectivity index (χ3v) is 7.31. The van der Waals surface area contributed by atoms with Crippen molar-refractivity contribution in [3.05, 3.63) is 12.3 Å². The Balaban J connectivity index is 1.42. The number of rotatable bonds is 7. The molecule has 0 aromatic carbocycles. The van der Waals surface area contributed by atoms with E-state index in [0.29, 0.717) is 18.1 Å². The van der Waals surface area contributed by atoms with E-state index >= 15 is 0 Å². The summed E-state index contributed by atoms with van der Waals surface area (Å²) in [5, 5.41) is 13.6. The SMILES string of the molecule is NCCC[C@@H]1[C@@H](Nc2nccc(N3CCCCCC3)n2)CCN1C1CCC(O)CC1. The molecule has 1 saturated carbocycles. The van der Waals surface area contributed by atoms with Crippen LogP contribution in [0.4, 0.5) is 11.8 Å². The molecule has 2 saturated heterocycles. The van der Waals surface area contributed by atoms with Crippen molar-refractivity contribution in [3.63, 3.8) is 0 Å². The first kappa shape index (κ1) is 21.8. The highest BCUT2D eigenvalue weighted by Gasteiger charge is 2.39. The second kappa shape index (κ2) is 10.7. The highest BCUT2D eigenvalue weighted by Crippen LogP contribution is 2.32. The average molecular weight is 417 g/mol. The zero-order chi connectivity index (χ0) is 20.8. The van der Waals surface area contributed by atoms with Gasteiger partial charge in [0.25, 0.3) is 0 Å². The van der Waals surface area contributed by atoms with Crippen LogP contribution in [0.1, 0.15) is 70.6 Å². The number of aliphatic hydroxyl groups excluding tert-OH is 1. The Kier molecular flexibility index (Phi) is 7.79. The van der Waals surface area contributed by atoms with Gasteiger partial charge >= 0.3 is 0 Å². The first-order chi connectivity index (χ1) is 14.7. The van der Waals surface area contributed by atoms with Gasteiger partial charge in [-0.15, -0.1) is 0 Å². The number of nitrogens with two attached hydrogens (primary N) is 1. The van der Waals surface area contributed by atoms with Crippen LogP contribution in [0.2, 0.25) is 0 Å². The number of aromatic nitrogens is 2. The van der Waals surface area contributed by atoms with Crippen LogP contribution in [0, 0.1) is 0 Å². The topological polar surface area (TPSA) is 90.5 Å². The molecule has 30 heavy (non-hydrogen) atoms. The van der Waals surface area contributed by atoms with Crippen LogP contribution in [-0.4, -0.2) is 70.4 Å². The predicted molar refractivity (Wildman–Crippen MR) is 122 cm³/mol. The van der Waals surface area contributed by atoms with Gasteiger partial charge in [0.2, 0.25) is 5.95 Å². The van der Waals surface area contributed by atoms with Crippen molar-refractivity contribution in [3.8, 4) is 0 Å². The Bertz CT molecular complexity index is 642. The summed E-state index contributed by atoms with van der Waals surface area (Å²) >= 11 is 0. The Morgan fingerprint density at radius 1 is 1.03 bits per heavy atom.